The standard InChI is InChI=1S/C20H24N4O2S/c1-3-16-11-7-8-14(2)19(16)22-20(27)24-23-18(26)13-21-17(25)12-15-9-5-4-6-10-15/h4-11H,3,12-13H2,1-2H3,(H,21,25)(H,23,26)(H2,22,24,27). The van der Waals surface area contributed by atoms with Crippen molar-refractivity contribution in [2.75, 3.05) is 11.9 Å². The summed E-state index contributed by atoms with van der Waals surface area (Å²) in [6, 6.07) is 15.4. The molecular weight excluding hydrogens is 360 g/mol. The Morgan fingerprint density at radius 2 is 1.70 bits per heavy atom. The summed E-state index contributed by atoms with van der Waals surface area (Å²) in [7, 11) is 0. The van der Waals surface area contributed by atoms with Crippen molar-refractivity contribution in [2.45, 2.75) is 26.7 Å². The SMILES string of the molecule is CCc1cccc(C)c1NC(=S)NNC(=O)CNC(=O)Cc1ccccc1. The summed E-state index contributed by atoms with van der Waals surface area (Å²) < 4.78 is 0. The van der Waals surface area contributed by atoms with Crippen LogP contribution >= 0.6 is 12.2 Å². The lowest BCUT2D eigenvalue weighted by atomic mass is 10.1. The lowest BCUT2D eigenvalue weighted by molar-refractivity contribution is -0.126. The average molecular weight is 385 g/mol. The van der Waals surface area contributed by atoms with E-state index in [1.165, 1.54) is 0 Å². The quantitative estimate of drug-likeness (QED) is 0.454. The normalized spacial score (nSPS) is 10.0. The zero-order valence-corrected chi connectivity index (χ0v) is 16.3. The Bertz CT molecular complexity index is 809. The van der Waals surface area contributed by atoms with Crippen LogP contribution in [0.3, 0.4) is 0 Å². The summed E-state index contributed by atoms with van der Waals surface area (Å²) in [4.78, 5) is 23.7. The Hall–Kier alpha value is -2.93. The van der Waals surface area contributed by atoms with Crippen LogP contribution in [0.1, 0.15) is 23.6 Å². The van der Waals surface area contributed by atoms with Gasteiger partial charge in [-0.3, -0.25) is 20.4 Å². The molecule has 27 heavy (non-hydrogen) atoms. The molecule has 0 aliphatic heterocycles. The summed E-state index contributed by atoms with van der Waals surface area (Å²) in [5, 5.41) is 5.96. The molecule has 0 bridgehead atoms. The Kier molecular flexibility index (Phi) is 7.76. The zero-order chi connectivity index (χ0) is 19.6. The summed E-state index contributed by atoms with van der Waals surface area (Å²) in [5.41, 5.74) is 9.15. The molecule has 0 heterocycles. The van der Waals surface area contributed by atoms with Crippen LogP contribution in [0.2, 0.25) is 0 Å². The Morgan fingerprint density at radius 3 is 2.41 bits per heavy atom. The van der Waals surface area contributed by atoms with Gasteiger partial charge in [-0.25, -0.2) is 0 Å². The third-order valence-electron chi connectivity index (χ3n) is 3.95. The number of anilines is 1. The fourth-order valence-corrected chi connectivity index (χ4v) is 2.69. The summed E-state index contributed by atoms with van der Waals surface area (Å²) in [6.45, 7) is 3.92. The van der Waals surface area contributed by atoms with Crippen LogP contribution in [-0.4, -0.2) is 23.5 Å². The van der Waals surface area contributed by atoms with Gasteiger partial charge in [0.2, 0.25) is 5.91 Å². The largest absolute Gasteiger partial charge is 0.347 e. The molecule has 0 fully saturated rings. The number of para-hydroxylation sites is 1. The number of thiocarbonyl (C=S) groups is 1. The second kappa shape index (κ2) is 10.3. The second-order valence-corrected chi connectivity index (χ2v) is 6.44. The van der Waals surface area contributed by atoms with E-state index in [1.807, 2.05) is 55.5 Å². The van der Waals surface area contributed by atoms with Crippen LogP contribution in [0.4, 0.5) is 5.69 Å². The minimum atomic E-state index is -0.388. The Balaban J connectivity index is 1.74. The first-order valence-corrected chi connectivity index (χ1v) is 9.15. The third kappa shape index (κ3) is 6.71. The number of hydrogen-bond acceptors (Lipinski definition) is 3. The van der Waals surface area contributed by atoms with Crippen molar-refractivity contribution in [3.63, 3.8) is 0 Å². The topological polar surface area (TPSA) is 82.3 Å². The van der Waals surface area contributed by atoms with Gasteiger partial charge in [0.1, 0.15) is 0 Å². The van der Waals surface area contributed by atoms with E-state index < -0.39 is 0 Å². The first-order chi connectivity index (χ1) is 13.0. The minimum absolute atomic E-state index is 0.133. The number of hydrogen-bond donors (Lipinski definition) is 4. The molecule has 2 rings (SSSR count). The van der Waals surface area contributed by atoms with Crippen molar-refractivity contribution < 1.29 is 9.59 Å². The lowest BCUT2D eigenvalue weighted by Crippen LogP contribution is -2.48. The van der Waals surface area contributed by atoms with Gasteiger partial charge in [-0.15, -0.1) is 0 Å². The van der Waals surface area contributed by atoms with Gasteiger partial charge >= 0.3 is 0 Å². The van der Waals surface area contributed by atoms with Gasteiger partial charge in [-0.05, 0) is 42.3 Å². The highest BCUT2D eigenvalue weighted by Gasteiger charge is 2.09. The van der Waals surface area contributed by atoms with Gasteiger partial charge in [0.15, 0.2) is 5.11 Å². The number of rotatable bonds is 6. The second-order valence-electron chi connectivity index (χ2n) is 6.03. The average Bonchev–Trinajstić information content (AvgIpc) is 2.67. The molecule has 0 atom stereocenters. The molecule has 0 aliphatic rings. The van der Waals surface area contributed by atoms with Gasteiger partial charge in [0.25, 0.3) is 5.91 Å². The number of nitrogens with one attached hydrogen (secondary N) is 4. The predicted octanol–water partition coefficient (Wildman–Crippen LogP) is 2.23. The molecule has 0 saturated carbocycles. The van der Waals surface area contributed by atoms with Crippen molar-refractivity contribution in [3.8, 4) is 0 Å². The van der Waals surface area contributed by atoms with Crippen LogP contribution in [0.5, 0.6) is 0 Å². The highest BCUT2D eigenvalue weighted by Crippen LogP contribution is 2.20. The zero-order valence-electron chi connectivity index (χ0n) is 15.5. The van der Waals surface area contributed by atoms with Crippen molar-refractivity contribution in [2.24, 2.45) is 0 Å². The van der Waals surface area contributed by atoms with Crippen LogP contribution < -0.4 is 21.5 Å². The van der Waals surface area contributed by atoms with Gasteiger partial charge in [-0.2, -0.15) is 0 Å². The van der Waals surface area contributed by atoms with E-state index in [0.29, 0.717) is 0 Å². The first-order valence-electron chi connectivity index (χ1n) is 8.74. The number of carbonyl (C=O) groups excluding carboxylic acids is 2. The first kappa shape index (κ1) is 20.4. The molecular formula is C20H24N4O2S. The smallest absolute Gasteiger partial charge is 0.257 e. The van der Waals surface area contributed by atoms with Crippen molar-refractivity contribution in [3.05, 3.63) is 65.2 Å². The Morgan fingerprint density at radius 1 is 0.963 bits per heavy atom. The van der Waals surface area contributed by atoms with Crippen molar-refractivity contribution >= 4 is 34.8 Å². The number of amides is 2. The molecule has 2 amide bonds. The number of benzene rings is 2. The van der Waals surface area contributed by atoms with E-state index in [2.05, 4.69) is 28.4 Å². The van der Waals surface area contributed by atoms with Crippen LogP contribution in [0.25, 0.3) is 0 Å². The van der Waals surface area contributed by atoms with E-state index in [-0.39, 0.29) is 29.9 Å². The third-order valence-corrected chi connectivity index (χ3v) is 4.15. The maximum absolute atomic E-state index is 11.9. The number of hydrazine groups is 1. The van der Waals surface area contributed by atoms with E-state index in [1.54, 1.807) is 0 Å². The number of carbonyl (C=O) groups is 2. The molecule has 0 saturated heterocycles. The molecule has 0 spiro atoms. The van der Waals surface area contributed by atoms with E-state index in [0.717, 1.165) is 28.8 Å². The summed E-state index contributed by atoms with van der Waals surface area (Å²) in [5.74, 6) is -0.606. The molecule has 2 aromatic rings. The summed E-state index contributed by atoms with van der Waals surface area (Å²) in [6.07, 6.45) is 1.10. The van der Waals surface area contributed by atoms with Crippen LogP contribution in [0.15, 0.2) is 48.5 Å². The molecule has 142 valence electrons. The molecule has 0 unspecified atom stereocenters. The fourth-order valence-electron chi connectivity index (χ4n) is 2.54. The summed E-state index contributed by atoms with van der Waals surface area (Å²) >= 11 is 5.22. The van der Waals surface area contributed by atoms with E-state index in [4.69, 9.17) is 12.2 Å². The maximum atomic E-state index is 11.9. The minimum Gasteiger partial charge on any atom is -0.347 e. The van der Waals surface area contributed by atoms with Gasteiger partial charge in [0, 0.05) is 5.69 Å². The molecule has 6 nitrogen and oxygen atoms in total. The van der Waals surface area contributed by atoms with Crippen molar-refractivity contribution in [1.82, 2.24) is 16.2 Å². The molecule has 0 radical (unpaired) electrons. The monoisotopic (exact) mass is 384 g/mol. The number of aryl methyl sites for hydroxylation is 2. The highest BCUT2D eigenvalue weighted by atomic mass is 32.1. The maximum Gasteiger partial charge on any atom is 0.257 e. The molecule has 2 aromatic carbocycles. The lowest BCUT2D eigenvalue weighted by Gasteiger charge is -2.16. The van der Waals surface area contributed by atoms with Crippen LogP contribution in [-0.2, 0) is 22.4 Å². The van der Waals surface area contributed by atoms with E-state index in [9.17, 15) is 9.59 Å². The van der Waals surface area contributed by atoms with Gasteiger partial charge < -0.3 is 10.6 Å². The molecule has 4 N–H and O–H groups in total. The Labute approximate surface area is 164 Å². The van der Waals surface area contributed by atoms with Gasteiger partial charge in [-0.1, -0.05) is 55.5 Å². The fraction of sp³-hybridized carbons (Fsp3) is 0.250. The van der Waals surface area contributed by atoms with Gasteiger partial charge in [0.05, 0.1) is 13.0 Å². The van der Waals surface area contributed by atoms with E-state index >= 15 is 0 Å². The molecule has 7 heteroatoms. The molecule has 0 aliphatic carbocycles. The van der Waals surface area contributed by atoms with Crippen LogP contribution in [0, 0.1) is 6.92 Å². The highest BCUT2D eigenvalue weighted by molar-refractivity contribution is 7.80. The van der Waals surface area contributed by atoms with Crippen molar-refractivity contribution in [1.29, 1.82) is 0 Å². The predicted molar refractivity (Wildman–Crippen MR) is 111 cm³/mol. The molecule has 0 aromatic heterocycles.